The van der Waals surface area contributed by atoms with E-state index in [0.717, 1.165) is 31.2 Å². The topological polar surface area (TPSA) is 90.8 Å². The molecule has 25 heavy (non-hydrogen) atoms. The number of oxime groups is 1. The van der Waals surface area contributed by atoms with Crippen molar-refractivity contribution in [3.8, 4) is 0 Å². The Bertz CT molecular complexity index is 653. The fourth-order valence-electron chi connectivity index (χ4n) is 3.57. The van der Waals surface area contributed by atoms with E-state index in [1.807, 2.05) is 30.3 Å². The van der Waals surface area contributed by atoms with Crippen LogP contribution in [0.1, 0.15) is 50.5 Å². The summed E-state index contributed by atoms with van der Waals surface area (Å²) in [5, 5.41) is 18.2. The molecule has 1 fully saturated rings. The highest BCUT2D eigenvalue weighted by Crippen LogP contribution is 2.30. The first-order chi connectivity index (χ1) is 12.1. The minimum atomic E-state index is -1.49. The van der Waals surface area contributed by atoms with Gasteiger partial charge in [0.05, 0.1) is 5.71 Å². The standard InChI is InChI=1S/C19H24N2O4/c22-17(23)13-19(18(24)20-15-9-5-2-6-10-15)12-16(21-25-19)11-14-7-3-1-4-8-14/h1,3-4,7-8,15H,2,5-6,9-13H2,(H,20,24)(H,22,23)/p-1/t19-/m0/s1. The van der Waals surface area contributed by atoms with Crippen LogP contribution in [0.4, 0.5) is 0 Å². The summed E-state index contributed by atoms with van der Waals surface area (Å²) in [7, 11) is 0. The molecule has 134 valence electrons. The number of amides is 1. The Morgan fingerprint density at radius 1 is 1.20 bits per heavy atom. The second kappa shape index (κ2) is 7.68. The predicted molar refractivity (Wildman–Crippen MR) is 90.7 cm³/mol. The van der Waals surface area contributed by atoms with Crippen LogP contribution in [0.5, 0.6) is 0 Å². The number of hydrogen-bond donors (Lipinski definition) is 1. The third-order valence-corrected chi connectivity index (χ3v) is 4.87. The molecule has 0 saturated heterocycles. The Kier molecular flexibility index (Phi) is 5.36. The lowest BCUT2D eigenvalue weighted by Crippen LogP contribution is -2.53. The lowest BCUT2D eigenvalue weighted by atomic mass is 9.89. The van der Waals surface area contributed by atoms with Gasteiger partial charge in [0.25, 0.3) is 5.91 Å². The third-order valence-electron chi connectivity index (χ3n) is 4.87. The van der Waals surface area contributed by atoms with Crippen molar-refractivity contribution < 1.29 is 19.5 Å². The highest BCUT2D eigenvalue weighted by molar-refractivity contribution is 5.98. The van der Waals surface area contributed by atoms with Gasteiger partial charge in [0.15, 0.2) is 0 Å². The number of nitrogens with one attached hydrogen (secondary N) is 1. The molecule has 0 aromatic heterocycles. The summed E-state index contributed by atoms with van der Waals surface area (Å²) in [6.07, 6.45) is 5.39. The largest absolute Gasteiger partial charge is 0.550 e. The first kappa shape index (κ1) is 17.5. The summed E-state index contributed by atoms with van der Waals surface area (Å²) < 4.78 is 0. The second-order valence-electron chi connectivity index (χ2n) is 6.94. The molecule has 1 N–H and O–H groups in total. The molecule has 0 radical (unpaired) electrons. The number of carboxylic acid groups (broad SMARTS) is 1. The number of carbonyl (C=O) groups is 2. The Morgan fingerprint density at radius 3 is 2.60 bits per heavy atom. The minimum Gasteiger partial charge on any atom is -0.550 e. The first-order valence-corrected chi connectivity index (χ1v) is 8.86. The number of nitrogens with zero attached hydrogens (tertiary/aromatic N) is 1. The summed E-state index contributed by atoms with van der Waals surface area (Å²) >= 11 is 0. The van der Waals surface area contributed by atoms with Crippen molar-refractivity contribution >= 4 is 17.6 Å². The summed E-state index contributed by atoms with van der Waals surface area (Å²) in [6, 6.07) is 9.79. The van der Waals surface area contributed by atoms with Crippen LogP contribution in [0.15, 0.2) is 35.5 Å². The summed E-state index contributed by atoms with van der Waals surface area (Å²) in [4.78, 5) is 29.4. The molecule has 0 spiro atoms. The Morgan fingerprint density at radius 2 is 1.92 bits per heavy atom. The van der Waals surface area contributed by atoms with Gasteiger partial charge < -0.3 is 20.1 Å². The normalized spacial score (nSPS) is 23.6. The Labute approximate surface area is 147 Å². The van der Waals surface area contributed by atoms with Gasteiger partial charge in [-0.2, -0.15) is 0 Å². The van der Waals surface area contributed by atoms with E-state index in [-0.39, 0.29) is 12.5 Å². The average molecular weight is 343 g/mol. The van der Waals surface area contributed by atoms with Crippen molar-refractivity contribution in [2.45, 2.75) is 63.0 Å². The Balaban J connectivity index is 1.67. The quantitative estimate of drug-likeness (QED) is 0.844. The molecule has 3 rings (SSSR count). The van der Waals surface area contributed by atoms with Gasteiger partial charge in [0.1, 0.15) is 0 Å². The lowest BCUT2D eigenvalue weighted by Gasteiger charge is -2.30. The van der Waals surface area contributed by atoms with Crippen LogP contribution >= 0.6 is 0 Å². The molecule has 1 aromatic rings. The summed E-state index contributed by atoms with van der Waals surface area (Å²) in [6.45, 7) is 0. The molecule has 6 nitrogen and oxygen atoms in total. The van der Waals surface area contributed by atoms with Gasteiger partial charge in [0.2, 0.25) is 5.60 Å². The van der Waals surface area contributed by atoms with E-state index in [1.165, 1.54) is 6.42 Å². The van der Waals surface area contributed by atoms with E-state index in [9.17, 15) is 14.7 Å². The van der Waals surface area contributed by atoms with Crippen molar-refractivity contribution in [3.63, 3.8) is 0 Å². The number of rotatable bonds is 6. The molecular weight excluding hydrogens is 320 g/mol. The number of carboxylic acids is 1. The summed E-state index contributed by atoms with van der Waals surface area (Å²) in [5.41, 5.74) is 0.230. The highest BCUT2D eigenvalue weighted by atomic mass is 16.7. The van der Waals surface area contributed by atoms with E-state index in [0.29, 0.717) is 12.1 Å². The molecule has 0 unspecified atom stereocenters. The maximum atomic E-state index is 12.8. The number of hydrogen-bond acceptors (Lipinski definition) is 5. The molecule has 1 amide bonds. The fraction of sp³-hybridized carbons (Fsp3) is 0.526. The molecule has 1 heterocycles. The van der Waals surface area contributed by atoms with Gasteiger partial charge in [-0.05, 0) is 18.4 Å². The van der Waals surface area contributed by atoms with Crippen molar-refractivity contribution in [1.29, 1.82) is 0 Å². The zero-order chi connectivity index (χ0) is 17.7. The maximum absolute atomic E-state index is 12.8. The van der Waals surface area contributed by atoms with Crippen molar-refractivity contribution in [2.75, 3.05) is 0 Å². The van der Waals surface area contributed by atoms with E-state index < -0.39 is 23.9 Å². The van der Waals surface area contributed by atoms with Crippen LogP contribution in [-0.4, -0.2) is 29.2 Å². The van der Waals surface area contributed by atoms with Gasteiger partial charge in [-0.25, -0.2) is 0 Å². The van der Waals surface area contributed by atoms with Gasteiger partial charge in [-0.3, -0.25) is 4.79 Å². The predicted octanol–water partition coefficient (Wildman–Crippen LogP) is 1.33. The van der Waals surface area contributed by atoms with Gasteiger partial charge in [-0.1, -0.05) is 54.8 Å². The second-order valence-corrected chi connectivity index (χ2v) is 6.94. The zero-order valence-corrected chi connectivity index (χ0v) is 14.2. The van der Waals surface area contributed by atoms with Gasteiger partial charge >= 0.3 is 0 Å². The first-order valence-electron chi connectivity index (χ1n) is 8.86. The van der Waals surface area contributed by atoms with E-state index in [4.69, 9.17) is 4.84 Å². The molecule has 2 aliphatic rings. The molecular formula is C19H23N2O4-. The minimum absolute atomic E-state index is 0.0849. The van der Waals surface area contributed by atoms with E-state index >= 15 is 0 Å². The molecule has 0 bridgehead atoms. The van der Waals surface area contributed by atoms with Crippen LogP contribution in [-0.2, 0) is 20.8 Å². The Hall–Kier alpha value is -2.37. The average Bonchev–Trinajstić information content (AvgIpc) is 3.00. The number of aliphatic carboxylic acids is 1. The molecule has 1 aromatic carbocycles. The van der Waals surface area contributed by atoms with E-state index in [2.05, 4.69) is 10.5 Å². The van der Waals surface area contributed by atoms with Crippen LogP contribution in [0.3, 0.4) is 0 Å². The van der Waals surface area contributed by atoms with Gasteiger partial charge in [-0.15, -0.1) is 0 Å². The SMILES string of the molecule is O=C([O-])C[C@]1(C(=O)NC2CCCCC2)CC(Cc2ccccc2)=NO1. The monoisotopic (exact) mass is 343 g/mol. The van der Waals surface area contributed by atoms with Crippen molar-refractivity contribution in [2.24, 2.45) is 5.16 Å². The highest BCUT2D eigenvalue weighted by Gasteiger charge is 2.47. The fourth-order valence-corrected chi connectivity index (χ4v) is 3.57. The van der Waals surface area contributed by atoms with Crippen LogP contribution in [0.2, 0.25) is 0 Å². The van der Waals surface area contributed by atoms with E-state index in [1.54, 1.807) is 0 Å². The molecule has 1 aliphatic heterocycles. The molecule has 1 saturated carbocycles. The smallest absolute Gasteiger partial charge is 0.268 e. The number of benzene rings is 1. The lowest BCUT2D eigenvalue weighted by molar-refractivity contribution is -0.309. The van der Waals surface area contributed by atoms with Crippen molar-refractivity contribution in [1.82, 2.24) is 5.32 Å². The number of carbonyl (C=O) groups excluding carboxylic acids is 2. The van der Waals surface area contributed by atoms with Crippen molar-refractivity contribution in [3.05, 3.63) is 35.9 Å². The van der Waals surface area contributed by atoms with Crippen LogP contribution in [0.25, 0.3) is 0 Å². The summed E-state index contributed by atoms with van der Waals surface area (Å²) in [5.74, 6) is -1.70. The van der Waals surface area contributed by atoms with Gasteiger partial charge in [0, 0.05) is 31.3 Å². The molecule has 1 aliphatic carbocycles. The zero-order valence-electron chi connectivity index (χ0n) is 14.2. The molecule has 1 atom stereocenters. The van der Waals surface area contributed by atoms with Crippen LogP contribution < -0.4 is 10.4 Å². The third kappa shape index (κ3) is 4.38. The van der Waals surface area contributed by atoms with Crippen LogP contribution in [0, 0.1) is 0 Å². The maximum Gasteiger partial charge on any atom is 0.268 e. The molecule has 6 heteroatoms.